The molecule has 0 radical (unpaired) electrons. The Kier molecular flexibility index (Phi) is 8.82. The molecule has 1 aliphatic heterocycles. The maximum atomic E-state index is 11.8. The van der Waals surface area contributed by atoms with Gasteiger partial charge in [0.2, 0.25) is 12.4 Å². The summed E-state index contributed by atoms with van der Waals surface area (Å²) in [6, 6.07) is 6.46. The quantitative estimate of drug-likeness (QED) is 0.414. The zero-order valence-corrected chi connectivity index (χ0v) is 18.4. The molecule has 0 unspecified atom stereocenters. The van der Waals surface area contributed by atoms with Crippen LogP contribution in [0.15, 0.2) is 24.3 Å². The molecule has 1 aliphatic rings. The average molecular weight is 454 g/mol. The fraction of sp³-hybridized carbons (Fsp3) is 0.524. The highest BCUT2D eigenvalue weighted by Gasteiger charge is 2.53. The molecular weight excluding hydrogens is 428 g/mol. The fourth-order valence-electron chi connectivity index (χ4n) is 3.07. The van der Waals surface area contributed by atoms with Gasteiger partial charge in [-0.3, -0.25) is 19.2 Å². The number of methoxy groups -OCH3 is 1. The molecule has 0 bridgehead atoms. The van der Waals surface area contributed by atoms with Crippen LogP contribution in [0.25, 0.3) is 0 Å². The average Bonchev–Trinajstić information content (AvgIpc) is 2.70. The van der Waals surface area contributed by atoms with Crippen LogP contribution in [0, 0.1) is 0 Å². The first-order chi connectivity index (χ1) is 15.1. The minimum absolute atomic E-state index is 0.326. The van der Waals surface area contributed by atoms with Crippen LogP contribution in [0.2, 0.25) is 0 Å². The van der Waals surface area contributed by atoms with E-state index in [1.807, 2.05) is 0 Å². The van der Waals surface area contributed by atoms with Gasteiger partial charge in [0.05, 0.1) is 7.11 Å². The van der Waals surface area contributed by atoms with E-state index < -0.39 is 54.6 Å². The molecule has 32 heavy (non-hydrogen) atoms. The van der Waals surface area contributed by atoms with E-state index in [1.165, 1.54) is 14.0 Å². The van der Waals surface area contributed by atoms with Crippen molar-refractivity contribution in [3.05, 3.63) is 24.3 Å². The highest BCUT2D eigenvalue weighted by atomic mass is 16.7. The summed E-state index contributed by atoms with van der Waals surface area (Å²) < 4.78 is 37.8. The second-order valence-electron chi connectivity index (χ2n) is 6.86. The molecule has 0 N–H and O–H groups in total. The molecule has 0 aliphatic carbocycles. The zero-order chi connectivity index (χ0) is 23.8. The Morgan fingerprint density at radius 1 is 0.750 bits per heavy atom. The highest BCUT2D eigenvalue weighted by Crippen LogP contribution is 2.31. The molecule has 0 spiro atoms. The van der Waals surface area contributed by atoms with Gasteiger partial charge in [-0.25, -0.2) is 0 Å². The van der Waals surface area contributed by atoms with Crippen molar-refractivity contribution in [3.8, 4) is 11.5 Å². The Bertz CT molecular complexity index is 820. The van der Waals surface area contributed by atoms with E-state index in [9.17, 15) is 19.2 Å². The molecule has 1 saturated heterocycles. The molecule has 1 aromatic carbocycles. The third-order valence-electron chi connectivity index (χ3n) is 4.26. The maximum Gasteiger partial charge on any atom is 0.303 e. The fourth-order valence-corrected chi connectivity index (χ4v) is 3.07. The summed E-state index contributed by atoms with van der Waals surface area (Å²) in [6.45, 7) is 4.31. The number of hydrogen-bond acceptors (Lipinski definition) is 11. The van der Waals surface area contributed by atoms with Gasteiger partial charge in [-0.1, -0.05) is 0 Å². The van der Waals surface area contributed by atoms with Crippen molar-refractivity contribution >= 4 is 23.9 Å². The third kappa shape index (κ3) is 7.12. The van der Waals surface area contributed by atoms with Gasteiger partial charge in [0.1, 0.15) is 24.2 Å². The summed E-state index contributed by atoms with van der Waals surface area (Å²) in [6.07, 6.45) is -6.20. The number of ether oxygens (including phenoxy) is 7. The molecule has 2 rings (SSSR count). The topological polar surface area (TPSA) is 133 Å². The molecule has 0 amide bonds. The molecule has 176 valence electrons. The summed E-state index contributed by atoms with van der Waals surface area (Å²) in [7, 11) is 1.51. The molecule has 1 fully saturated rings. The van der Waals surface area contributed by atoms with Gasteiger partial charge in [0.25, 0.3) is 0 Å². The predicted molar refractivity (Wildman–Crippen MR) is 106 cm³/mol. The summed E-state index contributed by atoms with van der Waals surface area (Å²) in [4.78, 5) is 46.6. The molecule has 1 aromatic rings. The minimum Gasteiger partial charge on any atom is -0.497 e. The zero-order valence-electron chi connectivity index (χ0n) is 18.4. The predicted octanol–water partition coefficient (Wildman–Crippen LogP) is 1.16. The van der Waals surface area contributed by atoms with E-state index >= 15 is 0 Å². The number of benzene rings is 1. The van der Waals surface area contributed by atoms with Crippen LogP contribution < -0.4 is 9.47 Å². The van der Waals surface area contributed by atoms with Crippen molar-refractivity contribution in [2.45, 2.75) is 58.4 Å². The van der Waals surface area contributed by atoms with Crippen molar-refractivity contribution in [1.29, 1.82) is 0 Å². The summed E-state index contributed by atoms with van der Waals surface area (Å²) in [5.41, 5.74) is 0. The van der Waals surface area contributed by atoms with Gasteiger partial charge in [0, 0.05) is 27.7 Å². The first-order valence-electron chi connectivity index (χ1n) is 9.72. The summed E-state index contributed by atoms with van der Waals surface area (Å²) >= 11 is 0. The first kappa shape index (κ1) is 24.9. The van der Waals surface area contributed by atoms with Crippen molar-refractivity contribution in [1.82, 2.24) is 0 Å². The highest BCUT2D eigenvalue weighted by molar-refractivity contribution is 5.68. The van der Waals surface area contributed by atoms with Gasteiger partial charge >= 0.3 is 23.9 Å². The largest absolute Gasteiger partial charge is 0.497 e. The molecular formula is C21H26O11. The molecule has 5 atom stereocenters. The first-order valence-corrected chi connectivity index (χ1v) is 9.72. The Morgan fingerprint density at radius 3 is 1.75 bits per heavy atom. The van der Waals surface area contributed by atoms with Crippen molar-refractivity contribution < 1.29 is 52.3 Å². The Morgan fingerprint density at radius 2 is 1.25 bits per heavy atom. The van der Waals surface area contributed by atoms with Crippen LogP contribution in [0.5, 0.6) is 11.5 Å². The van der Waals surface area contributed by atoms with Gasteiger partial charge in [0.15, 0.2) is 12.2 Å². The smallest absolute Gasteiger partial charge is 0.303 e. The van der Waals surface area contributed by atoms with E-state index in [-0.39, 0.29) is 6.61 Å². The Hall–Kier alpha value is -3.34. The number of carbonyl (C=O) groups excluding carboxylic acids is 4. The number of esters is 4. The van der Waals surface area contributed by atoms with E-state index in [4.69, 9.17) is 33.2 Å². The standard InChI is InChI=1S/C21H26O11/c1-11(22)27-10-17-18(28-12(2)23)19(29-13(3)24)20(30-14(4)25)21(32-17)31-16-8-6-15(26-5)7-9-16/h6-9,17-21H,10H2,1-5H3/t17-,18-,19-,20+,21+/m0/s1. The van der Waals surface area contributed by atoms with Gasteiger partial charge in [-0.2, -0.15) is 0 Å². The van der Waals surface area contributed by atoms with E-state index in [2.05, 4.69) is 0 Å². The summed E-state index contributed by atoms with van der Waals surface area (Å²) in [5, 5.41) is 0. The molecule has 0 aromatic heterocycles. The Labute approximate surface area is 184 Å². The second-order valence-corrected chi connectivity index (χ2v) is 6.86. The van der Waals surface area contributed by atoms with Crippen molar-refractivity contribution in [2.75, 3.05) is 13.7 Å². The SMILES string of the molecule is COc1ccc(O[C@@H]2O[C@@H](COC(C)=O)[C@H](OC(C)=O)[C@H](OC(C)=O)[C@H]2OC(C)=O)cc1. The molecule has 1 heterocycles. The van der Waals surface area contributed by atoms with Crippen LogP contribution in [-0.4, -0.2) is 68.3 Å². The van der Waals surface area contributed by atoms with Crippen molar-refractivity contribution in [3.63, 3.8) is 0 Å². The number of rotatable bonds is 8. The van der Waals surface area contributed by atoms with Gasteiger partial charge in [-0.15, -0.1) is 0 Å². The number of hydrogen-bond donors (Lipinski definition) is 0. The van der Waals surface area contributed by atoms with Gasteiger partial charge in [-0.05, 0) is 24.3 Å². The van der Waals surface area contributed by atoms with Crippen LogP contribution in [0.1, 0.15) is 27.7 Å². The molecule has 11 nitrogen and oxygen atoms in total. The lowest BCUT2D eigenvalue weighted by Crippen LogP contribution is -2.63. The lowest BCUT2D eigenvalue weighted by molar-refractivity contribution is -0.288. The third-order valence-corrected chi connectivity index (χ3v) is 4.26. The van der Waals surface area contributed by atoms with Crippen LogP contribution >= 0.6 is 0 Å². The lowest BCUT2D eigenvalue weighted by Gasteiger charge is -2.43. The molecule has 0 saturated carbocycles. The van der Waals surface area contributed by atoms with E-state index in [1.54, 1.807) is 24.3 Å². The van der Waals surface area contributed by atoms with Gasteiger partial charge < -0.3 is 33.2 Å². The van der Waals surface area contributed by atoms with Crippen LogP contribution in [-0.2, 0) is 42.9 Å². The van der Waals surface area contributed by atoms with E-state index in [0.717, 1.165) is 20.8 Å². The summed E-state index contributed by atoms with van der Waals surface area (Å²) in [5.74, 6) is -1.83. The maximum absolute atomic E-state index is 11.8. The normalized spacial score (nSPS) is 24.6. The minimum atomic E-state index is -1.29. The second kappa shape index (κ2) is 11.3. The van der Waals surface area contributed by atoms with Crippen LogP contribution in [0.3, 0.4) is 0 Å². The molecule has 11 heteroatoms. The lowest BCUT2D eigenvalue weighted by atomic mass is 9.98. The van der Waals surface area contributed by atoms with E-state index in [0.29, 0.717) is 11.5 Å². The number of carbonyl (C=O) groups is 4. The Balaban J connectivity index is 2.42. The van der Waals surface area contributed by atoms with Crippen LogP contribution in [0.4, 0.5) is 0 Å². The monoisotopic (exact) mass is 454 g/mol. The van der Waals surface area contributed by atoms with Crippen molar-refractivity contribution in [2.24, 2.45) is 0 Å².